The van der Waals surface area contributed by atoms with Crippen molar-refractivity contribution in [2.45, 2.75) is 294 Å². The molecule has 7 aliphatic rings. The summed E-state index contributed by atoms with van der Waals surface area (Å²) in [5.41, 5.74) is 2.66. The zero-order chi connectivity index (χ0) is 53.6. The molecule has 0 radical (unpaired) electrons. The molecule has 11 nitrogen and oxygen atoms in total. The van der Waals surface area contributed by atoms with E-state index in [9.17, 15) is 0 Å². The van der Waals surface area contributed by atoms with Gasteiger partial charge in [-0.05, 0) is 79.1 Å². The third-order valence-corrected chi connectivity index (χ3v) is 35.4. The highest BCUT2D eigenvalue weighted by atomic mass is 28.4. The maximum Gasteiger partial charge on any atom is 0.200 e. The molecule has 0 saturated carbocycles. The summed E-state index contributed by atoms with van der Waals surface area (Å²) >= 11 is 0. The lowest BCUT2D eigenvalue weighted by atomic mass is 9.76. The van der Waals surface area contributed by atoms with Crippen molar-refractivity contribution in [3.63, 3.8) is 0 Å². The number of rotatable bonds is 11. The molecule has 1 aromatic rings. The number of hydrogen-bond acceptors (Lipinski definition) is 11. The maximum absolute atomic E-state index is 8.04. The Balaban J connectivity index is 1.12. The normalized spacial score (nSPS) is 41.8. The van der Waals surface area contributed by atoms with E-state index in [0.717, 1.165) is 12.0 Å². The van der Waals surface area contributed by atoms with Gasteiger partial charge in [0.05, 0.1) is 74.3 Å². The topological polar surface area (TPSA) is 102 Å². The Morgan fingerprint density at radius 1 is 0.671 bits per heavy atom. The minimum absolute atomic E-state index is 0.0118. The van der Waals surface area contributed by atoms with Crippen LogP contribution < -0.4 is 0 Å². The van der Waals surface area contributed by atoms with Gasteiger partial charge < -0.3 is 51.2 Å². The van der Waals surface area contributed by atoms with Crippen LogP contribution in [-0.4, -0.2) is 123 Å². The Bertz CT molecular complexity index is 2030. The van der Waals surface area contributed by atoms with Gasteiger partial charge in [-0.15, -0.1) is 0 Å². The van der Waals surface area contributed by atoms with E-state index < -0.39 is 42.6 Å². The van der Waals surface area contributed by atoms with E-state index in [1.54, 1.807) is 0 Å². The van der Waals surface area contributed by atoms with E-state index in [1.807, 2.05) is 18.2 Å². The van der Waals surface area contributed by atoms with E-state index in [4.69, 9.17) is 51.2 Å². The van der Waals surface area contributed by atoms with Crippen LogP contribution in [0.15, 0.2) is 42.0 Å². The number of fused-ring (bicyclic) bond motifs is 4. The Labute approximate surface area is 446 Å². The van der Waals surface area contributed by atoms with Crippen molar-refractivity contribution in [1.82, 2.24) is 0 Å². The van der Waals surface area contributed by atoms with Gasteiger partial charge in [0, 0.05) is 43.1 Å². The second kappa shape index (κ2) is 21.3. The largest absolute Gasteiger partial charge is 0.411 e. The van der Waals surface area contributed by atoms with Gasteiger partial charge in [0.1, 0.15) is 17.8 Å². The predicted molar refractivity (Wildman–Crippen MR) is 297 cm³/mol. The molecule has 1 spiro atoms. The SMILES string of the molecule is C/C1=C/[C@@H]2O[C@@H]3[C@@H](C)[C@H](O[Si](C(C)C)(C(C)C)C(C)C)[C@@H]4O[C@]5(C[C@H](O[Si](C)(C)C(C)(C)C)CO5)[C@@H](C)[C@H](C)[C@H]4O[C@H]3C[C@H]2O[C@H]2C[C@@H](O[Si](C)(C)C(C)(C)C)[C@](C)([C@H]3CCOC(c4ccccc4)O3)O[C@@H]2C1. The van der Waals surface area contributed by atoms with Crippen molar-refractivity contribution >= 4 is 25.0 Å². The highest BCUT2D eigenvalue weighted by Crippen LogP contribution is 2.55. The minimum atomic E-state index is -2.46. The first-order valence-corrected chi connectivity index (χ1v) is 36.8. The summed E-state index contributed by atoms with van der Waals surface area (Å²) in [6.07, 6.45) is 2.43. The summed E-state index contributed by atoms with van der Waals surface area (Å²) in [7, 11) is -6.84. The zero-order valence-electron chi connectivity index (χ0n) is 49.4. The summed E-state index contributed by atoms with van der Waals surface area (Å²) in [4.78, 5) is 0. The number of hydrogen-bond donors (Lipinski definition) is 0. The average Bonchev–Trinajstić information content (AvgIpc) is 3.65. The van der Waals surface area contributed by atoms with Gasteiger partial charge in [0.25, 0.3) is 0 Å². The van der Waals surface area contributed by atoms with Gasteiger partial charge in [0.15, 0.2) is 28.7 Å². The van der Waals surface area contributed by atoms with Crippen LogP contribution in [0.4, 0.5) is 0 Å². The van der Waals surface area contributed by atoms with Crippen molar-refractivity contribution in [3.05, 3.63) is 47.5 Å². The Morgan fingerprint density at radius 3 is 1.92 bits per heavy atom. The van der Waals surface area contributed by atoms with Crippen LogP contribution in [0, 0.1) is 17.8 Å². The number of ether oxygens (including phenoxy) is 8. The smallest absolute Gasteiger partial charge is 0.200 e. The van der Waals surface area contributed by atoms with E-state index in [1.165, 1.54) is 5.57 Å². The molecule has 8 rings (SSSR count). The van der Waals surface area contributed by atoms with Crippen molar-refractivity contribution in [2.75, 3.05) is 13.2 Å². The molecule has 1 aromatic carbocycles. The quantitative estimate of drug-likeness (QED) is 0.156. The van der Waals surface area contributed by atoms with Crippen LogP contribution in [0.2, 0.25) is 52.9 Å². The first kappa shape index (κ1) is 58.3. The summed E-state index contributed by atoms with van der Waals surface area (Å²) in [6, 6.07) is 10.3. The molecular weight excluding hydrogens is 969 g/mol. The summed E-state index contributed by atoms with van der Waals surface area (Å²) in [6.45, 7) is 50.1. The monoisotopic (exact) mass is 1070 g/mol. The fourth-order valence-corrected chi connectivity index (χ4v) is 22.2. The van der Waals surface area contributed by atoms with Crippen LogP contribution in [-0.2, 0) is 51.2 Å². The molecule has 0 aromatic heterocycles. The first-order valence-electron chi connectivity index (χ1n) is 28.8. The average molecular weight is 1070 g/mol. The lowest BCUT2D eigenvalue weighted by Gasteiger charge is -2.56. The van der Waals surface area contributed by atoms with Crippen LogP contribution in [0.5, 0.6) is 0 Å². The predicted octanol–water partition coefficient (Wildman–Crippen LogP) is 13.8. The third kappa shape index (κ3) is 11.1. The second-order valence-electron chi connectivity index (χ2n) is 28.2. The van der Waals surface area contributed by atoms with Crippen molar-refractivity contribution in [1.29, 1.82) is 0 Å². The summed E-state index contributed by atoms with van der Waals surface area (Å²) in [5.74, 6) is -0.712. The van der Waals surface area contributed by atoms with Gasteiger partial charge in [-0.2, -0.15) is 0 Å². The molecular formula is C59H102O11Si3. The van der Waals surface area contributed by atoms with E-state index in [2.05, 4.69) is 162 Å². The molecule has 416 valence electrons. The van der Waals surface area contributed by atoms with Gasteiger partial charge in [-0.3, -0.25) is 0 Å². The van der Waals surface area contributed by atoms with Crippen molar-refractivity contribution < 1.29 is 51.2 Å². The molecule has 6 fully saturated rings. The van der Waals surface area contributed by atoms with E-state index in [-0.39, 0.29) is 101 Å². The van der Waals surface area contributed by atoms with Crippen LogP contribution in [0.25, 0.3) is 0 Å². The molecule has 73 heavy (non-hydrogen) atoms. The van der Waals surface area contributed by atoms with Crippen molar-refractivity contribution in [3.8, 4) is 0 Å². The Hall–Kier alpha value is -0.829. The first-order chi connectivity index (χ1) is 33.8. The Morgan fingerprint density at radius 2 is 1.30 bits per heavy atom. The van der Waals surface area contributed by atoms with Gasteiger partial charge in [-0.25, -0.2) is 0 Å². The van der Waals surface area contributed by atoms with Crippen molar-refractivity contribution in [2.24, 2.45) is 17.8 Å². The minimum Gasteiger partial charge on any atom is -0.411 e. The molecule has 6 saturated heterocycles. The highest BCUT2D eigenvalue weighted by Gasteiger charge is 2.64. The molecule has 0 aliphatic carbocycles. The molecule has 14 heteroatoms. The van der Waals surface area contributed by atoms with Gasteiger partial charge >= 0.3 is 0 Å². The van der Waals surface area contributed by atoms with Gasteiger partial charge in [-0.1, -0.05) is 146 Å². The fraction of sp³-hybridized carbons (Fsp3) is 0.864. The maximum atomic E-state index is 8.04. The molecule has 7 heterocycles. The standard InChI is InChI=1S/C59H102O11Si3/c1-35(2)73(36(3)4,37(5)6)70-53-40(9)51-48(64-52-39(8)41(10)59(67-54(52)53)33-43(34-61-59)68-71(18,19)56(11,12)13)31-45-44(63-51)29-38(7)30-47-46(62-45)32-50(69-72(20,21)57(14,15)16)58(17,66-47)49-27-28-60-55(65-49)42-25-23-22-24-26-42/h22-26,29,35-37,39-41,43-55H,27-28,30-34H2,1-21H3/b38-29-/t39-,40+,41-,43-,44-,45+,46-,47+,48-,49+,50+,51+,52+,53-,54+,55?,58-,59+/m0/s1. The summed E-state index contributed by atoms with van der Waals surface area (Å²) in [5, 5.41) is 0.0749. The summed E-state index contributed by atoms with van der Waals surface area (Å²) < 4.78 is 80.8. The van der Waals surface area contributed by atoms with Crippen LogP contribution in [0.1, 0.15) is 162 Å². The van der Waals surface area contributed by atoms with E-state index in [0.29, 0.717) is 55.5 Å². The zero-order valence-corrected chi connectivity index (χ0v) is 52.4. The molecule has 1 unspecified atom stereocenters. The molecule has 0 amide bonds. The number of benzene rings is 1. The third-order valence-electron chi connectivity index (χ3n) is 20.3. The fourth-order valence-electron chi connectivity index (χ4n) is 13.8. The molecule has 7 aliphatic heterocycles. The van der Waals surface area contributed by atoms with E-state index >= 15 is 0 Å². The molecule has 18 atom stereocenters. The van der Waals surface area contributed by atoms with Gasteiger partial charge in [0.2, 0.25) is 8.32 Å². The second-order valence-corrected chi connectivity index (χ2v) is 43.1. The Kier molecular flexibility index (Phi) is 17.0. The molecule has 0 N–H and O–H groups in total. The highest BCUT2D eigenvalue weighted by molar-refractivity contribution is 6.77. The lowest BCUT2D eigenvalue weighted by molar-refractivity contribution is -0.338. The van der Waals surface area contributed by atoms with Crippen LogP contribution >= 0.6 is 0 Å². The van der Waals surface area contributed by atoms with Crippen LogP contribution in [0.3, 0.4) is 0 Å². The lowest BCUT2D eigenvalue weighted by Crippen LogP contribution is -2.66. The molecule has 0 bridgehead atoms.